The molecular weight excluding hydrogens is 622 g/mol. The first-order valence-corrected chi connectivity index (χ1v) is 14.3. The molecule has 3 aromatic heterocycles. The summed E-state index contributed by atoms with van der Waals surface area (Å²) in [4.78, 5) is 22.3. The van der Waals surface area contributed by atoms with E-state index in [1.807, 2.05) is 24.4 Å². The quantitative estimate of drug-likeness (QED) is 0.104. The number of benzene rings is 2. The SMILES string of the molecule is COCCNCc1ccc(-c2cc3nccc(Oc4ccc(NC(=O)Nc5cc(C(F)(F)F)ccc5F)c(Cl)c4)c3s2)nc1. The zero-order chi connectivity index (χ0) is 31.3. The molecule has 0 atom stereocenters. The number of hydrogen-bond donors (Lipinski definition) is 3. The summed E-state index contributed by atoms with van der Waals surface area (Å²) < 4.78 is 64.8. The van der Waals surface area contributed by atoms with E-state index in [9.17, 15) is 22.4 Å². The van der Waals surface area contributed by atoms with E-state index in [2.05, 4.69) is 25.9 Å². The molecule has 2 aromatic carbocycles. The molecule has 0 saturated heterocycles. The van der Waals surface area contributed by atoms with Crippen LogP contribution in [0.15, 0.2) is 73.1 Å². The Morgan fingerprint density at radius 3 is 2.55 bits per heavy atom. The van der Waals surface area contributed by atoms with Crippen molar-refractivity contribution in [2.24, 2.45) is 0 Å². The third kappa shape index (κ3) is 7.61. The Kier molecular flexibility index (Phi) is 9.59. The highest BCUT2D eigenvalue weighted by atomic mass is 35.5. The molecule has 2 amide bonds. The number of carbonyl (C=O) groups is 1. The number of aromatic nitrogens is 2. The molecule has 0 aliphatic rings. The normalized spacial score (nSPS) is 11.5. The van der Waals surface area contributed by atoms with E-state index >= 15 is 0 Å². The standard InChI is InChI=1S/C30H24ClF4N5O3S/c1-42-11-10-36-15-17-2-6-23(38-16-17)27-14-25-28(44-27)26(8-9-37-25)43-19-4-7-22(20(31)13-19)39-29(41)40-24-12-18(30(33,34)35)3-5-21(24)32/h2-9,12-14,16,36H,10-11,15H2,1H3,(H2,39,40,41). The predicted octanol–water partition coefficient (Wildman–Crippen LogP) is 8.34. The largest absolute Gasteiger partial charge is 0.456 e. The number of amides is 2. The minimum absolute atomic E-state index is 0.0836. The van der Waals surface area contributed by atoms with Crippen molar-refractivity contribution >= 4 is 50.6 Å². The number of thiophene rings is 1. The van der Waals surface area contributed by atoms with Crippen molar-refractivity contribution in [3.05, 3.63) is 95.0 Å². The van der Waals surface area contributed by atoms with Gasteiger partial charge in [-0.3, -0.25) is 9.97 Å². The summed E-state index contributed by atoms with van der Waals surface area (Å²) in [7, 11) is 1.66. The number of methoxy groups -OCH3 is 1. The molecule has 8 nitrogen and oxygen atoms in total. The van der Waals surface area contributed by atoms with E-state index in [-0.39, 0.29) is 10.7 Å². The number of rotatable bonds is 10. The predicted molar refractivity (Wildman–Crippen MR) is 162 cm³/mol. The lowest BCUT2D eigenvalue weighted by atomic mass is 10.2. The van der Waals surface area contributed by atoms with Gasteiger partial charge in [-0.1, -0.05) is 17.7 Å². The number of carbonyl (C=O) groups excluding carboxylic acids is 1. The molecule has 0 spiro atoms. The van der Waals surface area contributed by atoms with Crippen LogP contribution in [0.3, 0.4) is 0 Å². The minimum atomic E-state index is -4.70. The summed E-state index contributed by atoms with van der Waals surface area (Å²) in [6.45, 7) is 2.05. The van der Waals surface area contributed by atoms with Gasteiger partial charge in [-0.15, -0.1) is 11.3 Å². The minimum Gasteiger partial charge on any atom is -0.456 e. The topological polar surface area (TPSA) is 97.4 Å². The fourth-order valence-electron chi connectivity index (χ4n) is 4.06. The Morgan fingerprint density at radius 1 is 1.00 bits per heavy atom. The number of anilines is 2. The molecule has 0 saturated carbocycles. The number of halogens is 5. The van der Waals surface area contributed by atoms with E-state index in [0.717, 1.165) is 32.9 Å². The number of hydrogen-bond acceptors (Lipinski definition) is 7. The van der Waals surface area contributed by atoms with Gasteiger partial charge in [0, 0.05) is 44.7 Å². The monoisotopic (exact) mass is 645 g/mol. The Hall–Kier alpha value is -4.30. The van der Waals surface area contributed by atoms with Gasteiger partial charge in [0.1, 0.15) is 17.3 Å². The van der Waals surface area contributed by atoms with Gasteiger partial charge in [-0.2, -0.15) is 13.2 Å². The van der Waals surface area contributed by atoms with Crippen LogP contribution in [0.25, 0.3) is 20.8 Å². The molecule has 0 bridgehead atoms. The second-order valence-corrected chi connectivity index (χ2v) is 10.8. The molecule has 3 N–H and O–H groups in total. The van der Waals surface area contributed by atoms with Crippen LogP contribution >= 0.6 is 22.9 Å². The summed E-state index contributed by atoms with van der Waals surface area (Å²) in [6, 6.07) is 12.8. The van der Waals surface area contributed by atoms with Crippen molar-refractivity contribution in [1.82, 2.24) is 15.3 Å². The molecule has 0 unspecified atom stereocenters. The average molecular weight is 646 g/mol. The van der Waals surface area contributed by atoms with Gasteiger partial charge in [0.05, 0.1) is 49.4 Å². The second kappa shape index (κ2) is 13.6. The van der Waals surface area contributed by atoms with Gasteiger partial charge in [0.15, 0.2) is 0 Å². The van der Waals surface area contributed by atoms with E-state index in [1.54, 1.807) is 25.4 Å². The summed E-state index contributed by atoms with van der Waals surface area (Å²) in [5.74, 6) is -0.141. The molecule has 44 heavy (non-hydrogen) atoms. The number of fused-ring (bicyclic) bond motifs is 1. The van der Waals surface area contributed by atoms with E-state index in [1.165, 1.54) is 23.5 Å². The van der Waals surface area contributed by atoms with Crippen molar-refractivity contribution in [2.45, 2.75) is 12.7 Å². The van der Waals surface area contributed by atoms with Crippen LogP contribution in [-0.4, -0.2) is 36.3 Å². The Morgan fingerprint density at radius 2 is 1.82 bits per heavy atom. The van der Waals surface area contributed by atoms with Crippen LogP contribution in [0.2, 0.25) is 5.02 Å². The van der Waals surface area contributed by atoms with Crippen molar-refractivity contribution in [3.8, 4) is 22.1 Å². The number of alkyl halides is 3. The van der Waals surface area contributed by atoms with Gasteiger partial charge in [0.25, 0.3) is 0 Å². The first-order chi connectivity index (χ1) is 21.1. The molecule has 0 radical (unpaired) electrons. The summed E-state index contributed by atoms with van der Waals surface area (Å²) in [6.07, 6.45) is -1.27. The maximum Gasteiger partial charge on any atom is 0.416 e. The lowest BCUT2D eigenvalue weighted by molar-refractivity contribution is -0.137. The zero-order valence-electron chi connectivity index (χ0n) is 23.0. The molecular formula is C30H24ClF4N5O3S. The van der Waals surface area contributed by atoms with Crippen LogP contribution in [0, 0.1) is 5.82 Å². The van der Waals surface area contributed by atoms with Crippen LogP contribution in [0.1, 0.15) is 11.1 Å². The Balaban J connectivity index is 1.26. The number of pyridine rings is 2. The molecule has 5 rings (SSSR count). The molecule has 5 aromatic rings. The smallest absolute Gasteiger partial charge is 0.416 e. The van der Waals surface area contributed by atoms with Crippen LogP contribution in [-0.2, 0) is 17.5 Å². The van der Waals surface area contributed by atoms with E-state index < -0.39 is 29.3 Å². The lowest BCUT2D eigenvalue weighted by Crippen LogP contribution is -2.21. The highest BCUT2D eigenvalue weighted by molar-refractivity contribution is 7.22. The van der Waals surface area contributed by atoms with Crippen molar-refractivity contribution in [2.75, 3.05) is 30.9 Å². The first-order valence-electron chi connectivity index (χ1n) is 13.1. The van der Waals surface area contributed by atoms with Crippen LogP contribution < -0.4 is 20.7 Å². The molecule has 3 heterocycles. The summed E-state index contributed by atoms with van der Waals surface area (Å²) >= 11 is 7.81. The van der Waals surface area contributed by atoms with Crippen LogP contribution in [0.5, 0.6) is 11.5 Å². The molecule has 0 fully saturated rings. The third-order valence-corrected chi connectivity index (χ3v) is 7.70. The molecule has 228 valence electrons. The van der Waals surface area contributed by atoms with Gasteiger partial charge < -0.3 is 25.4 Å². The Labute approximate surface area is 258 Å². The van der Waals surface area contributed by atoms with Crippen molar-refractivity contribution < 1.29 is 31.8 Å². The van der Waals surface area contributed by atoms with E-state index in [4.69, 9.17) is 21.1 Å². The summed E-state index contributed by atoms with van der Waals surface area (Å²) in [5.41, 5.74) is 0.951. The molecule has 0 aliphatic heterocycles. The van der Waals surface area contributed by atoms with Crippen LogP contribution in [0.4, 0.5) is 33.7 Å². The number of nitrogens with zero attached hydrogens (tertiary/aromatic N) is 2. The maximum atomic E-state index is 14.0. The average Bonchev–Trinajstić information content (AvgIpc) is 3.43. The third-order valence-electron chi connectivity index (χ3n) is 6.22. The first kappa shape index (κ1) is 31.1. The second-order valence-electron chi connectivity index (χ2n) is 9.37. The van der Waals surface area contributed by atoms with E-state index in [0.29, 0.717) is 42.8 Å². The maximum absolute atomic E-state index is 14.0. The van der Waals surface area contributed by atoms with Crippen molar-refractivity contribution in [1.29, 1.82) is 0 Å². The molecule has 0 aliphatic carbocycles. The number of ether oxygens (including phenoxy) is 2. The lowest BCUT2D eigenvalue weighted by Gasteiger charge is -2.13. The van der Waals surface area contributed by atoms with Gasteiger partial charge in [-0.05, 0) is 48.0 Å². The highest BCUT2D eigenvalue weighted by Crippen LogP contribution is 2.39. The zero-order valence-corrected chi connectivity index (χ0v) is 24.5. The van der Waals surface area contributed by atoms with Crippen molar-refractivity contribution in [3.63, 3.8) is 0 Å². The van der Waals surface area contributed by atoms with Gasteiger partial charge in [0.2, 0.25) is 0 Å². The fourth-order valence-corrected chi connectivity index (χ4v) is 5.32. The number of nitrogens with one attached hydrogen (secondary N) is 3. The van der Waals surface area contributed by atoms with Gasteiger partial charge in [-0.25, -0.2) is 9.18 Å². The highest BCUT2D eigenvalue weighted by Gasteiger charge is 2.31. The van der Waals surface area contributed by atoms with Gasteiger partial charge >= 0.3 is 12.2 Å². The Bertz CT molecular complexity index is 1780. The molecule has 14 heteroatoms. The number of urea groups is 1. The summed E-state index contributed by atoms with van der Waals surface area (Å²) in [5, 5.41) is 7.83. The fraction of sp³-hybridized carbons (Fsp3) is 0.167.